The number of allylic oxidation sites excluding steroid dienone is 2. The third-order valence-corrected chi connectivity index (χ3v) is 6.69. The van der Waals surface area contributed by atoms with Crippen molar-refractivity contribution >= 4 is 15.9 Å². The molecule has 1 fully saturated rings. The van der Waals surface area contributed by atoms with E-state index < -0.39 is 10.0 Å². The molecule has 1 amide bonds. The molecule has 1 atom stereocenters. The van der Waals surface area contributed by atoms with Crippen LogP contribution in [0.3, 0.4) is 0 Å². The van der Waals surface area contributed by atoms with Crippen molar-refractivity contribution in [2.75, 3.05) is 26.2 Å². The number of amides is 1. The van der Waals surface area contributed by atoms with Gasteiger partial charge >= 0.3 is 0 Å². The molecule has 3 rings (SSSR count). The Morgan fingerprint density at radius 3 is 2.50 bits per heavy atom. The molecule has 1 aromatic carbocycles. The van der Waals surface area contributed by atoms with Gasteiger partial charge in [0.2, 0.25) is 15.9 Å². The molecule has 6 heteroatoms. The fourth-order valence-corrected chi connectivity index (χ4v) is 4.88. The third-order valence-electron chi connectivity index (χ3n) is 4.80. The molecule has 0 spiro atoms. The SMILES string of the molecule is Cc1cccc(S(=O)(=O)N2CCN(C(=O)[C@H]3CC=CCC3)CC2)c1. The predicted octanol–water partition coefficient (Wildman–Crippen LogP) is 2.18. The average Bonchev–Trinajstić information content (AvgIpc) is 2.62. The van der Waals surface area contributed by atoms with Crippen molar-refractivity contribution < 1.29 is 13.2 Å². The molecule has 5 nitrogen and oxygen atoms in total. The van der Waals surface area contributed by atoms with Gasteiger partial charge in [0, 0.05) is 32.1 Å². The molecule has 24 heavy (non-hydrogen) atoms. The number of sulfonamides is 1. The number of aryl methyl sites for hydroxylation is 1. The minimum absolute atomic E-state index is 0.0648. The second-order valence-corrected chi connectivity index (χ2v) is 8.47. The summed E-state index contributed by atoms with van der Waals surface area (Å²) < 4.78 is 27.0. The summed E-state index contributed by atoms with van der Waals surface area (Å²) in [5.74, 6) is 0.238. The molecule has 0 radical (unpaired) electrons. The first-order valence-electron chi connectivity index (χ1n) is 8.49. The highest BCUT2D eigenvalue weighted by atomic mass is 32.2. The van der Waals surface area contributed by atoms with Crippen LogP contribution >= 0.6 is 0 Å². The maximum Gasteiger partial charge on any atom is 0.243 e. The van der Waals surface area contributed by atoms with Crippen molar-refractivity contribution in [3.05, 3.63) is 42.0 Å². The Kier molecular flexibility index (Phi) is 5.06. The Bertz CT molecular complexity index is 734. The molecule has 0 aromatic heterocycles. The molecular weight excluding hydrogens is 324 g/mol. The van der Waals surface area contributed by atoms with Crippen molar-refractivity contribution in [3.63, 3.8) is 0 Å². The van der Waals surface area contributed by atoms with E-state index in [0.29, 0.717) is 31.1 Å². The van der Waals surface area contributed by atoms with Crippen LogP contribution in [0.4, 0.5) is 0 Å². The van der Waals surface area contributed by atoms with E-state index in [9.17, 15) is 13.2 Å². The van der Waals surface area contributed by atoms with Crippen LogP contribution in [0, 0.1) is 12.8 Å². The van der Waals surface area contributed by atoms with E-state index in [4.69, 9.17) is 0 Å². The van der Waals surface area contributed by atoms with Crippen molar-refractivity contribution in [3.8, 4) is 0 Å². The van der Waals surface area contributed by atoms with Crippen molar-refractivity contribution in [2.24, 2.45) is 5.92 Å². The summed E-state index contributed by atoms with van der Waals surface area (Å²) in [5, 5.41) is 0. The molecule has 1 aromatic rings. The lowest BCUT2D eigenvalue weighted by atomic mass is 9.93. The topological polar surface area (TPSA) is 57.7 Å². The zero-order valence-electron chi connectivity index (χ0n) is 14.0. The lowest BCUT2D eigenvalue weighted by Crippen LogP contribution is -2.51. The second kappa shape index (κ2) is 7.07. The fraction of sp³-hybridized carbons (Fsp3) is 0.500. The molecule has 2 aliphatic rings. The van der Waals surface area contributed by atoms with Gasteiger partial charge in [-0.25, -0.2) is 8.42 Å². The number of hydrogen-bond acceptors (Lipinski definition) is 3. The maximum atomic E-state index is 12.7. The largest absolute Gasteiger partial charge is 0.340 e. The summed E-state index contributed by atoms with van der Waals surface area (Å²) in [6.45, 7) is 3.57. The molecule has 1 aliphatic carbocycles. The summed E-state index contributed by atoms with van der Waals surface area (Å²) in [4.78, 5) is 14.7. The highest BCUT2D eigenvalue weighted by Gasteiger charge is 2.32. The highest BCUT2D eigenvalue weighted by Crippen LogP contribution is 2.23. The minimum Gasteiger partial charge on any atom is -0.340 e. The zero-order valence-corrected chi connectivity index (χ0v) is 14.8. The standard InChI is InChI=1S/C18H24N2O3S/c1-15-6-5-9-17(14-15)24(22,23)20-12-10-19(11-13-20)18(21)16-7-3-2-4-8-16/h2-3,5-6,9,14,16H,4,7-8,10-13H2,1H3/t16-/m0/s1. The monoisotopic (exact) mass is 348 g/mol. The van der Waals surface area contributed by atoms with E-state index in [0.717, 1.165) is 24.8 Å². The van der Waals surface area contributed by atoms with E-state index in [1.54, 1.807) is 18.2 Å². The van der Waals surface area contributed by atoms with Gasteiger partial charge < -0.3 is 4.90 Å². The first-order chi connectivity index (χ1) is 11.5. The quantitative estimate of drug-likeness (QED) is 0.787. The lowest BCUT2D eigenvalue weighted by Gasteiger charge is -2.36. The second-order valence-electron chi connectivity index (χ2n) is 6.53. The van der Waals surface area contributed by atoms with Crippen molar-refractivity contribution in [1.82, 2.24) is 9.21 Å². The van der Waals surface area contributed by atoms with Crippen LogP contribution in [-0.4, -0.2) is 49.7 Å². The van der Waals surface area contributed by atoms with Gasteiger partial charge in [-0.1, -0.05) is 24.3 Å². The van der Waals surface area contributed by atoms with Crippen LogP contribution in [0.15, 0.2) is 41.3 Å². The molecule has 0 N–H and O–H groups in total. The molecule has 1 aliphatic heterocycles. The van der Waals surface area contributed by atoms with E-state index in [2.05, 4.69) is 12.2 Å². The van der Waals surface area contributed by atoms with Gasteiger partial charge in [0.1, 0.15) is 0 Å². The number of rotatable bonds is 3. The molecule has 0 unspecified atom stereocenters. The summed E-state index contributed by atoms with van der Waals surface area (Å²) in [6, 6.07) is 6.97. The summed E-state index contributed by atoms with van der Waals surface area (Å²) in [6.07, 6.45) is 6.86. The van der Waals surface area contributed by atoms with Gasteiger partial charge in [-0.2, -0.15) is 4.31 Å². The van der Waals surface area contributed by atoms with Crippen LogP contribution in [0.25, 0.3) is 0 Å². The number of piperazine rings is 1. The Morgan fingerprint density at radius 2 is 1.88 bits per heavy atom. The van der Waals surface area contributed by atoms with E-state index >= 15 is 0 Å². The summed E-state index contributed by atoms with van der Waals surface area (Å²) in [5.41, 5.74) is 0.926. The molecular formula is C18H24N2O3S. The van der Waals surface area contributed by atoms with Crippen LogP contribution in [0.2, 0.25) is 0 Å². The molecule has 0 saturated carbocycles. The smallest absolute Gasteiger partial charge is 0.243 e. The molecule has 1 heterocycles. The number of carbonyl (C=O) groups excluding carboxylic acids is 1. The third kappa shape index (κ3) is 3.54. The van der Waals surface area contributed by atoms with E-state index in [-0.39, 0.29) is 11.8 Å². The van der Waals surface area contributed by atoms with Crippen LogP contribution in [0.5, 0.6) is 0 Å². The number of benzene rings is 1. The normalized spacial score (nSPS) is 22.5. The van der Waals surface area contributed by atoms with Crippen LogP contribution < -0.4 is 0 Å². The van der Waals surface area contributed by atoms with Crippen molar-refractivity contribution in [2.45, 2.75) is 31.1 Å². The number of nitrogens with zero attached hydrogens (tertiary/aromatic N) is 2. The van der Waals surface area contributed by atoms with Gasteiger partial charge in [-0.05, 0) is 43.9 Å². The maximum absolute atomic E-state index is 12.7. The Morgan fingerprint density at radius 1 is 1.12 bits per heavy atom. The Labute approximate surface area is 144 Å². The Balaban J connectivity index is 1.64. The van der Waals surface area contributed by atoms with Crippen molar-refractivity contribution in [1.29, 1.82) is 0 Å². The molecule has 130 valence electrons. The summed E-state index contributed by atoms with van der Waals surface area (Å²) in [7, 11) is -3.47. The first kappa shape index (κ1) is 17.2. The zero-order chi connectivity index (χ0) is 17.2. The Hall–Kier alpha value is -1.66. The number of carbonyl (C=O) groups is 1. The average molecular weight is 348 g/mol. The van der Waals surface area contributed by atoms with Gasteiger partial charge in [-0.15, -0.1) is 0 Å². The minimum atomic E-state index is -3.47. The van der Waals surface area contributed by atoms with Gasteiger partial charge in [0.25, 0.3) is 0 Å². The predicted molar refractivity (Wildman–Crippen MR) is 93.0 cm³/mol. The first-order valence-corrected chi connectivity index (χ1v) is 9.93. The summed E-state index contributed by atoms with van der Waals surface area (Å²) >= 11 is 0. The van der Waals surface area contributed by atoms with Crippen LogP contribution in [0.1, 0.15) is 24.8 Å². The molecule has 1 saturated heterocycles. The van der Waals surface area contributed by atoms with Gasteiger partial charge in [0.15, 0.2) is 0 Å². The lowest BCUT2D eigenvalue weighted by molar-refractivity contribution is -0.137. The van der Waals surface area contributed by atoms with Crippen LogP contribution in [-0.2, 0) is 14.8 Å². The number of hydrogen-bond donors (Lipinski definition) is 0. The van der Waals surface area contributed by atoms with E-state index in [1.165, 1.54) is 4.31 Å². The van der Waals surface area contributed by atoms with E-state index in [1.807, 2.05) is 17.9 Å². The van der Waals surface area contributed by atoms with Gasteiger partial charge in [-0.3, -0.25) is 4.79 Å². The highest BCUT2D eigenvalue weighted by molar-refractivity contribution is 7.89. The molecule has 0 bridgehead atoms. The van der Waals surface area contributed by atoms with Gasteiger partial charge in [0.05, 0.1) is 4.90 Å². The fourth-order valence-electron chi connectivity index (χ4n) is 3.35.